The van der Waals surface area contributed by atoms with Crippen molar-refractivity contribution >= 4 is 28.6 Å². The number of halogens is 1. The third-order valence-electron chi connectivity index (χ3n) is 1.78. The summed E-state index contributed by atoms with van der Waals surface area (Å²) in [5.74, 6) is -0.616. The monoisotopic (exact) mass is 336 g/mol. The van der Waals surface area contributed by atoms with Crippen molar-refractivity contribution in [1.82, 2.24) is 5.32 Å². The van der Waals surface area contributed by atoms with Crippen LogP contribution in [0.1, 0.15) is 13.8 Å². The van der Waals surface area contributed by atoms with E-state index in [1.54, 1.807) is 13.8 Å². The Morgan fingerprint density at radius 1 is 1.69 bits per heavy atom. The van der Waals surface area contributed by atoms with Gasteiger partial charge in [-0.2, -0.15) is 5.26 Å². The van der Waals surface area contributed by atoms with Gasteiger partial charge in [-0.15, -0.1) is 0 Å². The van der Waals surface area contributed by atoms with Crippen molar-refractivity contribution in [2.75, 3.05) is 19.8 Å². The number of nitriles is 1. The molecule has 0 aliphatic carbocycles. The first-order chi connectivity index (χ1) is 7.44. The molecule has 6 heteroatoms. The van der Waals surface area contributed by atoms with Gasteiger partial charge in [-0.3, -0.25) is 0 Å². The molecule has 0 unspecified atom stereocenters. The summed E-state index contributed by atoms with van der Waals surface area (Å²) in [6.07, 6.45) is 0. The number of carbonyl (C=O) groups excluding carboxylic acids is 1. The minimum absolute atomic E-state index is 0.00978. The number of esters is 1. The Balaban J connectivity index is 2.82. The molecule has 1 rings (SSSR count). The summed E-state index contributed by atoms with van der Waals surface area (Å²) in [7, 11) is 0. The third-order valence-corrected chi connectivity index (χ3v) is 2.00. The Morgan fingerprint density at radius 3 is 2.81 bits per heavy atom. The molecule has 1 saturated heterocycles. The summed E-state index contributed by atoms with van der Waals surface area (Å²) in [6.45, 7) is 4.92. The fraction of sp³-hybridized carbons (Fsp3) is 0.600. The van der Waals surface area contributed by atoms with Gasteiger partial charge in [0.2, 0.25) is 0 Å². The molecule has 0 bridgehead atoms. The lowest BCUT2D eigenvalue weighted by Gasteiger charge is -2.21. The lowest BCUT2D eigenvalue weighted by Crippen LogP contribution is -2.32. The zero-order valence-electron chi connectivity index (χ0n) is 9.17. The van der Waals surface area contributed by atoms with Crippen LogP contribution in [0.4, 0.5) is 0 Å². The molecule has 0 amide bonds. The molecular weight excluding hydrogens is 323 g/mol. The molecule has 0 spiro atoms. The van der Waals surface area contributed by atoms with Crippen LogP contribution in [0.3, 0.4) is 0 Å². The largest absolute Gasteiger partial charge is 0.445 e. The predicted molar refractivity (Wildman–Crippen MR) is 65.7 cm³/mol. The summed E-state index contributed by atoms with van der Waals surface area (Å²) in [5, 5.41) is 11.9. The average Bonchev–Trinajstić information content (AvgIpc) is 2.17. The molecule has 88 valence electrons. The minimum atomic E-state index is -0.632. The van der Waals surface area contributed by atoms with Crippen molar-refractivity contribution in [3.63, 3.8) is 0 Å². The summed E-state index contributed by atoms with van der Waals surface area (Å²) >= 11 is 1.99. The quantitative estimate of drug-likeness (QED) is 0.269. The van der Waals surface area contributed by atoms with Crippen LogP contribution in [0.2, 0.25) is 0 Å². The van der Waals surface area contributed by atoms with Gasteiger partial charge in [0.05, 0.1) is 18.9 Å². The molecule has 1 aliphatic heterocycles. The van der Waals surface area contributed by atoms with Gasteiger partial charge in [0.15, 0.2) is 9.18 Å². The van der Waals surface area contributed by atoms with E-state index in [1.807, 2.05) is 28.7 Å². The van der Waals surface area contributed by atoms with E-state index in [2.05, 4.69) is 5.32 Å². The van der Waals surface area contributed by atoms with Crippen LogP contribution in [0.25, 0.3) is 0 Å². The number of nitrogens with one attached hydrogen (secondary N) is 1. The topological polar surface area (TPSA) is 71.4 Å². The SMILES string of the molecule is CC(C)(I)OC(=O)/C(C#N)=C1/COCCN1. The zero-order chi connectivity index (χ0) is 12.2. The third kappa shape index (κ3) is 3.98. The Kier molecular flexibility index (Phi) is 4.56. The van der Waals surface area contributed by atoms with Crippen molar-refractivity contribution in [3.8, 4) is 6.07 Å². The van der Waals surface area contributed by atoms with Gasteiger partial charge >= 0.3 is 5.97 Å². The number of nitrogens with zero attached hydrogens (tertiary/aromatic N) is 1. The normalized spacial score (nSPS) is 19.4. The van der Waals surface area contributed by atoms with Crippen LogP contribution in [0.15, 0.2) is 11.3 Å². The van der Waals surface area contributed by atoms with Gasteiger partial charge in [0.1, 0.15) is 6.07 Å². The maximum atomic E-state index is 11.7. The zero-order valence-corrected chi connectivity index (χ0v) is 11.3. The highest BCUT2D eigenvalue weighted by molar-refractivity contribution is 14.1. The van der Waals surface area contributed by atoms with Crippen molar-refractivity contribution in [3.05, 3.63) is 11.3 Å². The van der Waals surface area contributed by atoms with Gasteiger partial charge in [-0.1, -0.05) is 0 Å². The number of morpholine rings is 1. The molecule has 5 nitrogen and oxygen atoms in total. The van der Waals surface area contributed by atoms with Crippen LogP contribution in [-0.4, -0.2) is 29.3 Å². The van der Waals surface area contributed by atoms with Crippen molar-refractivity contribution in [2.45, 2.75) is 17.5 Å². The van der Waals surface area contributed by atoms with E-state index in [0.717, 1.165) is 0 Å². The summed E-state index contributed by atoms with van der Waals surface area (Å²) in [5.41, 5.74) is 0.490. The Labute approximate surface area is 108 Å². The van der Waals surface area contributed by atoms with E-state index >= 15 is 0 Å². The molecule has 16 heavy (non-hydrogen) atoms. The van der Waals surface area contributed by atoms with E-state index in [1.165, 1.54) is 0 Å². The Morgan fingerprint density at radius 2 is 2.38 bits per heavy atom. The number of carbonyl (C=O) groups is 1. The summed E-state index contributed by atoms with van der Waals surface area (Å²) in [6, 6.07) is 1.85. The standard InChI is InChI=1S/C10H13IN2O3/c1-10(2,11)16-9(14)7(5-12)8-6-15-4-3-13-8/h13H,3-4,6H2,1-2H3/b8-7-. The Bertz CT molecular complexity index is 344. The summed E-state index contributed by atoms with van der Waals surface area (Å²) in [4.78, 5) is 11.7. The molecule has 1 fully saturated rings. The lowest BCUT2D eigenvalue weighted by molar-refractivity contribution is -0.143. The first-order valence-electron chi connectivity index (χ1n) is 4.81. The van der Waals surface area contributed by atoms with E-state index in [-0.39, 0.29) is 12.2 Å². The second-order valence-electron chi connectivity index (χ2n) is 3.70. The maximum Gasteiger partial charge on any atom is 0.352 e. The number of ether oxygens (including phenoxy) is 2. The fourth-order valence-electron chi connectivity index (χ4n) is 1.17. The van der Waals surface area contributed by atoms with E-state index in [9.17, 15) is 4.79 Å². The molecule has 0 aromatic rings. The molecule has 1 N–H and O–H groups in total. The molecular formula is C10H13IN2O3. The highest BCUT2D eigenvalue weighted by Gasteiger charge is 2.24. The fourth-order valence-corrected chi connectivity index (χ4v) is 1.37. The van der Waals surface area contributed by atoms with E-state index in [4.69, 9.17) is 14.7 Å². The minimum Gasteiger partial charge on any atom is -0.445 e. The molecule has 0 aromatic heterocycles. The highest BCUT2D eigenvalue weighted by atomic mass is 127. The lowest BCUT2D eigenvalue weighted by atomic mass is 10.2. The average molecular weight is 336 g/mol. The second-order valence-corrected chi connectivity index (χ2v) is 6.30. The van der Waals surface area contributed by atoms with Crippen molar-refractivity contribution in [1.29, 1.82) is 5.26 Å². The van der Waals surface area contributed by atoms with E-state index in [0.29, 0.717) is 18.8 Å². The number of rotatable bonds is 2. The predicted octanol–water partition coefficient (Wildman–Crippen LogP) is 1.10. The summed E-state index contributed by atoms with van der Waals surface area (Å²) < 4.78 is 9.65. The Hall–Kier alpha value is -0.810. The van der Waals surface area contributed by atoms with Gasteiger partial charge in [-0.05, 0) is 36.4 Å². The number of hydrogen-bond donors (Lipinski definition) is 1. The van der Waals surface area contributed by atoms with Gasteiger partial charge in [0.25, 0.3) is 0 Å². The van der Waals surface area contributed by atoms with Crippen LogP contribution in [-0.2, 0) is 14.3 Å². The van der Waals surface area contributed by atoms with Crippen LogP contribution < -0.4 is 5.32 Å². The van der Waals surface area contributed by atoms with Crippen LogP contribution in [0.5, 0.6) is 0 Å². The van der Waals surface area contributed by atoms with Crippen molar-refractivity contribution in [2.24, 2.45) is 0 Å². The molecule has 1 heterocycles. The highest BCUT2D eigenvalue weighted by Crippen LogP contribution is 2.20. The van der Waals surface area contributed by atoms with Gasteiger partial charge < -0.3 is 14.8 Å². The second kappa shape index (κ2) is 5.50. The smallest absolute Gasteiger partial charge is 0.352 e. The van der Waals surface area contributed by atoms with E-state index < -0.39 is 9.58 Å². The van der Waals surface area contributed by atoms with Crippen LogP contribution in [0, 0.1) is 11.3 Å². The van der Waals surface area contributed by atoms with Gasteiger partial charge in [-0.25, -0.2) is 4.79 Å². The molecule has 0 aromatic carbocycles. The molecule has 0 atom stereocenters. The molecule has 1 aliphatic rings. The molecule has 0 radical (unpaired) electrons. The van der Waals surface area contributed by atoms with Crippen molar-refractivity contribution < 1.29 is 14.3 Å². The van der Waals surface area contributed by atoms with Gasteiger partial charge in [0, 0.05) is 6.54 Å². The number of hydrogen-bond acceptors (Lipinski definition) is 5. The maximum absolute atomic E-state index is 11.7. The molecule has 0 saturated carbocycles. The number of alkyl halides is 1. The first kappa shape index (κ1) is 13.3. The first-order valence-corrected chi connectivity index (χ1v) is 5.89. The van der Waals surface area contributed by atoms with Crippen LogP contribution >= 0.6 is 22.6 Å².